The lowest BCUT2D eigenvalue weighted by Gasteiger charge is -2.30. The minimum atomic E-state index is -0.378. The Morgan fingerprint density at radius 3 is 2.80 bits per heavy atom. The predicted molar refractivity (Wildman–Crippen MR) is 76.4 cm³/mol. The van der Waals surface area contributed by atoms with Gasteiger partial charge in [-0.25, -0.2) is 4.39 Å². The van der Waals surface area contributed by atoms with E-state index in [4.69, 9.17) is 0 Å². The van der Waals surface area contributed by atoms with Crippen LogP contribution in [0.25, 0.3) is 0 Å². The summed E-state index contributed by atoms with van der Waals surface area (Å²) in [5.41, 5.74) is 0.880. The number of imide groups is 1. The Kier molecular flexibility index (Phi) is 4.55. The van der Waals surface area contributed by atoms with Crippen molar-refractivity contribution in [3.63, 3.8) is 0 Å². The molecule has 0 spiro atoms. The lowest BCUT2D eigenvalue weighted by Crippen LogP contribution is -2.51. The molecule has 0 bridgehead atoms. The standard InChI is InChI=1S/C14H16BrFN2O2/c1-8(9-3-4-11(16)10(15)7-9)17-12-5-6-13(19)18(2)14(12)20/h3-4,7-8,12,17H,5-6H2,1-2H3. The SMILES string of the molecule is CC(NC1CCC(=O)N(C)C1=O)c1ccc(F)c(Br)c1. The average molecular weight is 343 g/mol. The molecule has 1 aliphatic heterocycles. The van der Waals surface area contributed by atoms with Crippen LogP contribution in [-0.2, 0) is 9.59 Å². The van der Waals surface area contributed by atoms with Gasteiger partial charge >= 0.3 is 0 Å². The summed E-state index contributed by atoms with van der Waals surface area (Å²) < 4.78 is 13.6. The number of halogens is 2. The highest BCUT2D eigenvalue weighted by Crippen LogP contribution is 2.23. The molecular weight excluding hydrogens is 327 g/mol. The molecule has 2 unspecified atom stereocenters. The van der Waals surface area contributed by atoms with E-state index in [1.54, 1.807) is 12.1 Å². The Bertz CT molecular complexity index is 550. The molecule has 1 aromatic rings. The number of nitrogens with one attached hydrogen (secondary N) is 1. The average Bonchev–Trinajstić information content (AvgIpc) is 2.42. The van der Waals surface area contributed by atoms with Crippen LogP contribution in [0.2, 0.25) is 0 Å². The van der Waals surface area contributed by atoms with Gasteiger partial charge in [0.1, 0.15) is 5.82 Å². The van der Waals surface area contributed by atoms with E-state index in [1.807, 2.05) is 6.92 Å². The molecule has 0 saturated carbocycles. The smallest absolute Gasteiger partial charge is 0.246 e. The third-order valence-corrected chi connectivity index (χ3v) is 4.15. The van der Waals surface area contributed by atoms with E-state index in [9.17, 15) is 14.0 Å². The number of likely N-dealkylation sites (tertiary alicyclic amines) is 1. The maximum atomic E-state index is 13.2. The van der Waals surface area contributed by atoms with Crippen LogP contribution in [0, 0.1) is 5.82 Å². The molecule has 1 heterocycles. The molecule has 1 saturated heterocycles. The minimum absolute atomic E-state index is 0.109. The first-order valence-electron chi connectivity index (χ1n) is 6.41. The highest BCUT2D eigenvalue weighted by Gasteiger charge is 2.32. The van der Waals surface area contributed by atoms with Gasteiger partial charge in [0.2, 0.25) is 11.8 Å². The fourth-order valence-corrected chi connectivity index (χ4v) is 2.65. The number of rotatable bonds is 3. The third kappa shape index (κ3) is 3.07. The number of carbonyl (C=O) groups excluding carboxylic acids is 2. The Balaban J connectivity index is 2.07. The molecule has 2 amide bonds. The zero-order valence-electron chi connectivity index (χ0n) is 11.3. The van der Waals surface area contributed by atoms with Crippen LogP contribution in [-0.4, -0.2) is 29.8 Å². The number of hydrogen-bond acceptors (Lipinski definition) is 3. The fraction of sp³-hybridized carbons (Fsp3) is 0.429. The Morgan fingerprint density at radius 2 is 2.15 bits per heavy atom. The van der Waals surface area contributed by atoms with Crippen LogP contribution in [0.3, 0.4) is 0 Å². The van der Waals surface area contributed by atoms with Gasteiger partial charge in [0, 0.05) is 19.5 Å². The molecule has 6 heteroatoms. The van der Waals surface area contributed by atoms with E-state index < -0.39 is 0 Å². The molecule has 108 valence electrons. The Hall–Kier alpha value is -1.27. The topological polar surface area (TPSA) is 49.4 Å². The van der Waals surface area contributed by atoms with Crippen molar-refractivity contribution < 1.29 is 14.0 Å². The van der Waals surface area contributed by atoms with Crippen LogP contribution in [0.5, 0.6) is 0 Å². The minimum Gasteiger partial charge on any atom is -0.299 e. The zero-order valence-corrected chi connectivity index (χ0v) is 12.9. The monoisotopic (exact) mass is 342 g/mol. The van der Waals surface area contributed by atoms with Gasteiger partial charge < -0.3 is 0 Å². The van der Waals surface area contributed by atoms with Gasteiger partial charge in [0.15, 0.2) is 0 Å². The van der Waals surface area contributed by atoms with Crippen molar-refractivity contribution in [1.29, 1.82) is 0 Å². The number of benzene rings is 1. The van der Waals surface area contributed by atoms with Crippen LogP contribution in [0.15, 0.2) is 22.7 Å². The zero-order chi connectivity index (χ0) is 14.9. The van der Waals surface area contributed by atoms with Gasteiger partial charge in [-0.3, -0.25) is 19.8 Å². The number of carbonyl (C=O) groups is 2. The molecule has 4 nitrogen and oxygen atoms in total. The first-order valence-corrected chi connectivity index (χ1v) is 7.21. The number of hydrogen-bond donors (Lipinski definition) is 1. The highest BCUT2D eigenvalue weighted by molar-refractivity contribution is 9.10. The normalized spacial score (nSPS) is 21.2. The van der Waals surface area contributed by atoms with Gasteiger partial charge in [-0.2, -0.15) is 0 Å². The second kappa shape index (κ2) is 6.01. The van der Waals surface area contributed by atoms with E-state index in [0.717, 1.165) is 10.5 Å². The van der Waals surface area contributed by atoms with Crippen LogP contribution in [0.4, 0.5) is 4.39 Å². The molecule has 0 aliphatic carbocycles. The fourth-order valence-electron chi connectivity index (χ4n) is 2.25. The molecule has 1 aliphatic rings. The van der Waals surface area contributed by atoms with Crippen molar-refractivity contribution in [1.82, 2.24) is 10.2 Å². The van der Waals surface area contributed by atoms with Gasteiger partial charge in [-0.15, -0.1) is 0 Å². The maximum Gasteiger partial charge on any atom is 0.246 e. The van der Waals surface area contributed by atoms with Gasteiger partial charge in [0.05, 0.1) is 10.5 Å². The van der Waals surface area contributed by atoms with Gasteiger partial charge in [-0.1, -0.05) is 6.07 Å². The van der Waals surface area contributed by atoms with Crippen molar-refractivity contribution >= 4 is 27.7 Å². The first-order chi connectivity index (χ1) is 9.40. The summed E-state index contributed by atoms with van der Waals surface area (Å²) in [5.74, 6) is -0.681. The van der Waals surface area contributed by atoms with Crippen LogP contribution < -0.4 is 5.32 Å². The number of likely N-dealkylation sites (N-methyl/N-ethyl adjacent to an activating group) is 1. The van der Waals surface area contributed by atoms with Crippen molar-refractivity contribution in [3.05, 3.63) is 34.1 Å². The van der Waals surface area contributed by atoms with E-state index in [2.05, 4.69) is 21.2 Å². The van der Waals surface area contributed by atoms with Crippen LogP contribution >= 0.6 is 15.9 Å². The summed E-state index contributed by atoms with van der Waals surface area (Å²) in [6.07, 6.45) is 0.856. The first kappa shape index (κ1) is 15.1. The molecule has 1 N–H and O–H groups in total. The Morgan fingerprint density at radius 1 is 1.45 bits per heavy atom. The highest BCUT2D eigenvalue weighted by atomic mass is 79.9. The quantitative estimate of drug-likeness (QED) is 0.858. The van der Waals surface area contributed by atoms with Crippen molar-refractivity contribution in [2.75, 3.05) is 7.05 Å². The molecular formula is C14H16BrFN2O2. The second-order valence-electron chi connectivity index (χ2n) is 4.94. The molecule has 0 aromatic heterocycles. The lowest BCUT2D eigenvalue weighted by molar-refractivity contribution is -0.148. The molecule has 1 aromatic carbocycles. The summed E-state index contributed by atoms with van der Waals surface area (Å²) in [6.45, 7) is 1.91. The van der Waals surface area contributed by atoms with Crippen molar-refractivity contribution in [2.45, 2.75) is 31.8 Å². The van der Waals surface area contributed by atoms with E-state index >= 15 is 0 Å². The van der Waals surface area contributed by atoms with Crippen LogP contribution in [0.1, 0.15) is 31.4 Å². The maximum absolute atomic E-state index is 13.2. The molecule has 2 rings (SSSR count). The third-order valence-electron chi connectivity index (χ3n) is 3.54. The summed E-state index contributed by atoms with van der Waals surface area (Å²) in [5, 5.41) is 3.20. The predicted octanol–water partition coefficient (Wildman–Crippen LogP) is 2.39. The number of amides is 2. The molecule has 0 radical (unpaired) electrons. The second-order valence-corrected chi connectivity index (χ2v) is 5.80. The van der Waals surface area contributed by atoms with Gasteiger partial charge in [0.25, 0.3) is 0 Å². The van der Waals surface area contributed by atoms with Crippen molar-refractivity contribution in [3.8, 4) is 0 Å². The summed E-state index contributed by atoms with van der Waals surface area (Å²) in [4.78, 5) is 24.6. The number of piperidine rings is 1. The molecule has 1 fully saturated rings. The Labute approximate surface area is 125 Å². The molecule has 20 heavy (non-hydrogen) atoms. The largest absolute Gasteiger partial charge is 0.299 e. The van der Waals surface area contributed by atoms with E-state index in [-0.39, 0.29) is 29.7 Å². The van der Waals surface area contributed by atoms with E-state index in [0.29, 0.717) is 17.3 Å². The number of nitrogens with zero attached hydrogens (tertiary/aromatic N) is 1. The summed E-state index contributed by atoms with van der Waals surface area (Å²) >= 11 is 3.15. The van der Waals surface area contributed by atoms with Crippen molar-refractivity contribution in [2.24, 2.45) is 0 Å². The lowest BCUT2D eigenvalue weighted by atomic mass is 10.0. The summed E-state index contributed by atoms with van der Waals surface area (Å²) in [6, 6.07) is 4.27. The summed E-state index contributed by atoms with van der Waals surface area (Å²) in [7, 11) is 1.50. The van der Waals surface area contributed by atoms with Gasteiger partial charge in [-0.05, 0) is 47.0 Å². The van der Waals surface area contributed by atoms with E-state index in [1.165, 1.54) is 13.1 Å². The molecule has 2 atom stereocenters.